The van der Waals surface area contributed by atoms with Crippen LogP contribution in [0, 0.1) is 5.92 Å². The van der Waals surface area contributed by atoms with Gasteiger partial charge in [0.25, 0.3) is 0 Å². The molecule has 2 N–H and O–H groups in total. The molecule has 1 amide bonds. The summed E-state index contributed by atoms with van der Waals surface area (Å²) < 4.78 is 4.75. The number of nitrogens with one attached hydrogen (secondary N) is 1. The zero-order valence-electron chi connectivity index (χ0n) is 10.2. The average Bonchev–Trinajstić information content (AvgIpc) is 3.17. The minimum Gasteiger partial charge on any atom is -0.481 e. The summed E-state index contributed by atoms with van der Waals surface area (Å²) in [5, 5.41) is 11.3. The number of carbonyl (C=O) groups excluding carboxylic acids is 1. The van der Waals surface area contributed by atoms with E-state index in [0.717, 1.165) is 5.56 Å². The van der Waals surface area contributed by atoms with Gasteiger partial charge in [-0.2, -0.15) is 0 Å². The van der Waals surface area contributed by atoms with E-state index < -0.39 is 12.1 Å². The highest BCUT2D eigenvalue weighted by atomic mass is 16.5. The summed E-state index contributed by atoms with van der Waals surface area (Å²) in [6.45, 7) is 3.56. The second kappa shape index (κ2) is 5.51. The number of carbonyl (C=O) groups is 2. The van der Waals surface area contributed by atoms with Crippen LogP contribution in [0.1, 0.15) is 17.9 Å². The fourth-order valence-electron chi connectivity index (χ4n) is 1.81. The van der Waals surface area contributed by atoms with Gasteiger partial charge >= 0.3 is 12.1 Å². The van der Waals surface area contributed by atoms with Gasteiger partial charge in [0.1, 0.15) is 12.4 Å². The summed E-state index contributed by atoms with van der Waals surface area (Å²) >= 11 is 0. The number of anilines is 1. The van der Waals surface area contributed by atoms with E-state index in [0.29, 0.717) is 12.2 Å². The van der Waals surface area contributed by atoms with Gasteiger partial charge in [-0.25, -0.2) is 9.78 Å². The first kappa shape index (κ1) is 13.1. The van der Waals surface area contributed by atoms with Crippen molar-refractivity contribution >= 4 is 17.9 Å². The Morgan fingerprint density at radius 2 is 2.37 bits per heavy atom. The predicted molar refractivity (Wildman–Crippen MR) is 67.9 cm³/mol. The predicted octanol–water partition coefficient (Wildman–Crippen LogP) is 2.00. The Morgan fingerprint density at radius 3 is 2.89 bits per heavy atom. The molecule has 2 rings (SSSR count). The molecule has 2 atom stereocenters. The van der Waals surface area contributed by atoms with E-state index in [4.69, 9.17) is 9.84 Å². The topological polar surface area (TPSA) is 88.5 Å². The standard InChI is InChI=1S/C13H14N2O4/c1-2-5-19-13(18)15-11-4-3-8(7-14-11)9-6-10(9)12(16)17/h2-4,7,9-10H,1,5-6H2,(H,16,17)(H,14,15,18)/t9-,10+/m0/s1. The largest absolute Gasteiger partial charge is 0.481 e. The third-order valence-electron chi connectivity index (χ3n) is 2.88. The Labute approximate surface area is 110 Å². The van der Waals surface area contributed by atoms with Crippen molar-refractivity contribution < 1.29 is 19.4 Å². The fraction of sp³-hybridized carbons (Fsp3) is 0.308. The van der Waals surface area contributed by atoms with Gasteiger partial charge in [-0.15, -0.1) is 0 Å². The zero-order valence-corrected chi connectivity index (χ0v) is 10.2. The van der Waals surface area contributed by atoms with Crippen LogP contribution >= 0.6 is 0 Å². The number of aliphatic carboxylic acids is 1. The number of rotatable bonds is 5. The van der Waals surface area contributed by atoms with E-state index in [1.54, 1.807) is 18.3 Å². The van der Waals surface area contributed by atoms with Crippen molar-refractivity contribution in [1.29, 1.82) is 0 Å². The number of pyridine rings is 1. The van der Waals surface area contributed by atoms with Crippen molar-refractivity contribution in [1.82, 2.24) is 4.98 Å². The van der Waals surface area contributed by atoms with E-state index >= 15 is 0 Å². The van der Waals surface area contributed by atoms with Crippen LogP contribution < -0.4 is 5.32 Å². The lowest BCUT2D eigenvalue weighted by Gasteiger charge is -2.05. The molecule has 1 aromatic heterocycles. The average molecular weight is 262 g/mol. The molecule has 0 bridgehead atoms. The van der Waals surface area contributed by atoms with Crippen molar-refractivity contribution in [2.24, 2.45) is 5.92 Å². The summed E-state index contributed by atoms with van der Waals surface area (Å²) in [5.74, 6) is -0.685. The number of carboxylic acid groups (broad SMARTS) is 1. The molecule has 0 unspecified atom stereocenters. The SMILES string of the molecule is C=CCOC(=O)Nc1ccc([C@@H]2C[C@H]2C(=O)O)cn1. The second-order valence-corrected chi connectivity index (χ2v) is 4.28. The molecule has 1 heterocycles. The third-order valence-corrected chi connectivity index (χ3v) is 2.88. The minimum absolute atomic E-state index is 0.0340. The lowest BCUT2D eigenvalue weighted by atomic mass is 10.1. The maximum Gasteiger partial charge on any atom is 0.413 e. The van der Waals surface area contributed by atoms with Gasteiger partial charge in [-0.3, -0.25) is 10.1 Å². The maximum absolute atomic E-state index is 11.2. The number of hydrogen-bond donors (Lipinski definition) is 2. The molecule has 6 heteroatoms. The van der Waals surface area contributed by atoms with Gasteiger partial charge in [0, 0.05) is 6.20 Å². The molecule has 1 saturated carbocycles. The molecule has 0 saturated heterocycles. The lowest BCUT2D eigenvalue weighted by molar-refractivity contribution is -0.138. The van der Waals surface area contributed by atoms with E-state index in [1.165, 1.54) is 6.08 Å². The molecule has 0 aromatic carbocycles. The highest BCUT2D eigenvalue weighted by molar-refractivity contribution is 5.83. The van der Waals surface area contributed by atoms with Gasteiger partial charge in [-0.05, 0) is 24.0 Å². The fourth-order valence-corrected chi connectivity index (χ4v) is 1.81. The summed E-state index contributed by atoms with van der Waals surface area (Å²) in [6.07, 6.45) is 3.09. The van der Waals surface area contributed by atoms with Gasteiger partial charge in [0.05, 0.1) is 5.92 Å². The number of amides is 1. The Bertz CT molecular complexity index is 498. The highest BCUT2D eigenvalue weighted by Gasteiger charge is 2.44. The Kier molecular flexibility index (Phi) is 3.79. The molecule has 1 aliphatic carbocycles. The van der Waals surface area contributed by atoms with Crippen LogP contribution in [0.4, 0.5) is 10.6 Å². The molecular formula is C13H14N2O4. The summed E-state index contributed by atoms with van der Waals surface area (Å²) in [7, 11) is 0. The molecule has 0 radical (unpaired) electrons. The first-order valence-corrected chi connectivity index (χ1v) is 5.85. The van der Waals surface area contributed by atoms with E-state index in [9.17, 15) is 9.59 Å². The van der Waals surface area contributed by atoms with E-state index in [2.05, 4.69) is 16.9 Å². The maximum atomic E-state index is 11.2. The second-order valence-electron chi connectivity index (χ2n) is 4.28. The number of carboxylic acids is 1. The van der Waals surface area contributed by atoms with Gasteiger partial charge in [0.2, 0.25) is 0 Å². The van der Waals surface area contributed by atoms with Crippen LogP contribution in [-0.2, 0) is 9.53 Å². The smallest absolute Gasteiger partial charge is 0.413 e. The van der Waals surface area contributed by atoms with Crippen LogP contribution in [0.3, 0.4) is 0 Å². The summed E-state index contributed by atoms with van der Waals surface area (Å²) in [6, 6.07) is 3.39. The van der Waals surface area contributed by atoms with Crippen molar-refractivity contribution in [2.45, 2.75) is 12.3 Å². The number of nitrogens with zero attached hydrogens (tertiary/aromatic N) is 1. The lowest BCUT2D eigenvalue weighted by Crippen LogP contribution is -2.14. The van der Waals surface area contributed by atoms with Crippen LogP contribution in [0.15, 0.2) is 31.0 Å². The van der Waals surface area contributed by atoms with Crippen LogP contribution in [0.2, 0.25) is 0 Å². The quantitative estimate of drug-likeness (QED) is 0.792. The normalized spacial score (nSPS) is 20.4. The Morgan fingerprint density at radius 1 is 1.58 bits per heavy atom. The zero-order chi connectivity index (χ0) is 13.8. The van der Waals surface area contributed by atoms with E-state index in [-0.39, 0.29) is 18.4 Å². The molecule has 1 aromatic rings. The number of aromatic nitrogens is 1. The van der Waals surface area contributed by atoms with Crippen LogP contribution in [-0.4, -0.2) is 28.8 Å². The van der Waals surface area contributed by atoms with Crippen molar-refractivity contribution in [3.05, 3.63) is 36.5 Å². The summed E-state index contributed by atoms with van der Waals surface area (Å²) in [4.78, 5) is 26.1. The van der Waals surface area contributed by atoms with Crippen LogP contribution in [0.25, 0.3) is 0 Å². The van der Waals surface area contributed by atoms with Crippen LogP contribution in [0.5, 0.6) is 0 Å². The van der Waals surface area contributed by atoms with Gasteiger partial charge < -0.3 is 9.84 Å². The minimum atomic E-state index is -0.778. The monoisotopic (exact) mass is 262 g/mol. The molecule has 6 nitrogen and oxygen atoms in total. The number of hydrogen-bond acceptors (Lipinski definition) is 4. The molecule has 1 fully saturated rings. The van der Waals surface area contributed by atoms with Crippen molar-refractivity contribution in [3.63, 3.8) is 0 Å². The third kappa shape index (κ3) is 3.31. The van der Waals surface area contributed by atoms with Gasteiger partial charge in [-0.1, -0.05) is 18.7 Å². The Balaban J connectivity index is 1.90. The summed E-state index contributed by atoms with van der Waals surface area (Å²) in [5.41, 5.74) is 0.873. The molecule has 19 heavy (non-hydrogen) atoms. The van der Waals surface area contributed by atoms with Crippen molar-refractivity contribution in [3.8, 4) is 0 Å². The van der Waals surface area contributed by atoms with Crippen molar-refractivity contribution in [2.75, 3.05) is 11.9 Å². The first-order chi connectivity index (χ1) is 9.11. The molecule has 0 aliphatic heterocycles. The highest BCUT2D eigenvalue weighted by Crippen LogP contribution is 2.47. The van der Waals surface area contributed by atoms with Gasteiger partial charge in [0.15, 0.2) is 0 Å². The number of ether oxygens (including phenoxy) is 1. The molecule has 1 aliphatic rings. The molecular weight excluding hydrogens is 248 g/mol. The molecule has 0 spiro atoms. The first-order valence-electron chi connectivity index (χ1n) is 5.85. The molecule has 100 valence electrons. The Hall–Kier alpha value is -2.37. The van der Waals surface area contributed by atoms with E-state index in [1.807, 2.05) is 0 Å².